The second kappa shape index (κ2) is 5.77. The molecule has 0 saturated carbocycles. The molecule has 1 amide bonds. The van der Waals surface area contributed by atoms with Crippen LogP contribution in [-0.4, -0.2) is 22.4 Å². The largest absolute Gasteiger partial charge is 0.383 e. The molecule has 0 spiro atoms. The van der Waals surface area contributed by atoms with Crippen molar-refractivity contribution in [1.82, 2.24) is 9.97 Å². The summed E-state index contributed by atoms with van der Waals surface area (Å²) in [5, 5.41) is 5.89. The summed E-state index contributed by atoms with van der Waals surface area (Å²) >= 11 is 0. The molecule has 0 aliphatic rings. The van der Waals surface area contributed by atoms with Crippen molar-refractivity contribution in [3.63, 3.8) is 0 Å². The first kappa shape index (κ1) is 12.0. The maximum Gasteiger partial charge on any atom is 0.257 e. The molecular formula is C13H14N4O. The summed E-state index contributed by atoms with van der Waals surface area (Å²) in [6, 6.07) is 5.25. The van der Waals surface area contributed by atoms with E-state index in [0.717, 1.165) is 12.2 Å². The molecule has 2 heterocycles. The van der Waals surface area contributed by atoms with Gasteiger partial charge in [0, 0.05) is 18.9 Å². The molecule has 0 aliphatic carbocycles. The summed E-state index contributed by atoms with van der Waals surface area (Å²) in [4.78, 5) is 20.0. The zero-order valence-electron chi connectivity index (χ0n) is 10.1. The fourth-order valence-electron chi connectivity index (χ4n) is 1.56. The minimum absolute atomic E-state index is 0.179. The number of nitrogens with one attached hydrogen (secondary N) is 2. The summed E-state index contributed by atoms with van der Waals surface area (Å²) in [6.07, 6.45) is 6.50. The molecule has 0 atom stereocenters. The number of hydrogen-bond donors (Lipinski definition) is 2. The van der Waals surface area contributed by atoms with E-state index in [-0.39, 0.29) is 5.91 Å². The minimum Gasteiger partial charge on any atom is -0.383 e. The first-order valence-corrected chi connectivity index (χ1v) is 5.70. The number of amides is 1. The van der Waals surface area contributed by atoms with Crippen LogP contribution in [0, 0.1) is 0 Å². The molecular weight excluding hydrogens is 228 g/mol. The Balaban J connectivity index is 2.19. The van der Waals surface area contributed by atoms with Crippen LogP contribution in [0.3, 0.4) is 0 Å². The van der Waals surface area contributed by atoms with Gasteiger partial charge in [0.2, 0.25) is 0 Å². The van der Waals surface area contributed by atoms with Gasteiger partial charge in [0.25, 0.3) is 5.91 Å². The van der Waals surface area contributed by atoms with Crippen molar-refractivity contribution in [3.05, 3.63) is 48.5 Å². The first-order chi connectivity index (χ1) is 8.81. The van der Waals surface area contributed by atoms with Crippen molar-refractivity contribution < 1.29 is 4.79 Å². The standard InChI is InChI=1S/C13H14N4O/c1-2-16-12-9-15-7-5-11(12)13(18)17-10-4-3-6-14-8-10/h3-9,16H,2H2,1H3,(H,17,18). The minimum atomic E-state index is -0.179. The molecule has 0 aliphatic heterocycles. The Labute approximate surface area is 105 Å². The fraction of sp³-hybridized carbons (Fsp3) is 0.154. The van der Waals surface area contributed by atoms with E-state index in [1.165, 1.54) is 0 Å². The van der Waals surface area contributed by atoms with Gasteiger partial charge in [-0.25, -0.2) is 0 Å². The number of carbonyl (C=O) groups is 1. The summed E-state index contributed by atoms with van der Waals surface area (Å²) in [5.41, 5.74) is 1.96. The van der Waals surface area contributed by atoms with Crippen molar-refractivity contribution in [2.24, 2.45) is 0 Å². The Kier molecular flexibility index (Phi) is 3.86. The van der Waals surface area contributed by atoms with Crippen molar-refractivity contribution in [1.29, 1.82) is 0 Å². The van der Waals surface area contributed by atoms with Crippen LogP contribution in [0.25, 0.3) is 0 Å². The molecule has 2 rings (SSSR count). The van der Waals surface area contributed by atoms with E-state index in [0.29, 0.717) is 11.3 Å². The normalized spacial score (nSPS) is 9.83. The maximum atomic E-state index is 12.1. The van der Waals surface area contributed by atoms with Gasteiger partial charge in [-0.3, -0.25) is 14.8 Å². The molecule has 5 heteroatoms. The Morgan fingerprint density at radius 3 is 2.78 bits per heavy atom. The predicted molar refractivity (Wildman–Crippen MR) is 70.6 cm³/mol. The predicted octanol–water partition coefficient (Wildman–Crippen LogP) is 2.16. The highest BCUT2D eigenvalue weighted by molar-refractivity contribution is 6.07. The van der Waals surface area contributed by atoms with E-state index >= 15 is 0 Å². The van der Waals surface area contributed by atoms with Crippen molar-refractivity contribution in [2.75, 3.05) is 17.2 Å². The Bertz CT molecular complexity index is 528. The van der Waals surface area contributed by atoms with E-state index in [1.54, 1.807) is 43.0 Å². The lowest BCUT2D eigenvalue weighted by atomic mass is 10.2. The number of aromatic nitrogens is 2. The number of rotatable bonds is 4. The molecule has 2 aromatic heterocycles. The number of carbonyl (C=O) groups excluding carboxylic acids is 1. The highest BCUT2D eigenvalue weighted by Gasteiger charge is 2.10. The fourth-order valence-corrected chi connectivity index (χ4v) is 1.56. The van der Waals surface area contributed by atoms with Crippen LogP contribution >= 0.6 is 0 Å². The molecule has 0 aromatic carbocycles. The summed E-state index contributed by atoms with van der Waals surface area (Å²) in [5.74, 6) is -0.179. The average Bonchev–Trinajstić information content (AvgIpc) is 2.41. The van der Waals surface area contributed by atoms with Crippen LogP contribution in [0.5, 0.6) is 0 Å². The highest BCUT2D eigenvalue weighted by Crippen LogP contribution is 2.15. The first-order valence-electron chi connectivity index (χ1n) is 5.70. The van der Waals surface area contributed by atoms with Gasteiger partial charge in [0.15, 0.2) is 0 Å². The van der Waals surface area contributed by atoms with Crippen molar-refractivity contribution in [3.8, 4) is 0 Å². The molecule has 2 N–H and O–H groups in total. The Hall–Kier alpha value is -2.43. The van der Waals surface area contributed by atoms with Gasteiger partial charge in [-0.2, -0.15) is 0 Å². The summed E-state index contributed by atoms with van der Waals surface area (Å²) in [6.45, 7) is 2.70. The second-order valence-electron chi connectivity index (χ2n) is 3.65. The van der Waals surface area contributed by atoms with Gasteiger partial charge in [0.05, 0.1) is 29.3 Å². The highest BCUT2D eigenvalue weighted by atomic mass is 16.1. The maximum absolute atomic E-state index is 12.1. The van der Waals surface area contributed by atoms with Crippen LogP contribution in [0.15, 0.2) is 43.0 Å². The molecule has 2 aromatic rings. The van der Waals surface area contributed by atoms with Crippen LogP contribution < -0.4 is 10.6 Å². The SMILES string of the molecule is CCNc1cnccc1C(=O)Nc1cccnc1. The third-order valence-corrected chi connectivity index (χ3v) is 2.35. The summed E-state index contributed by atoms with van der Waals surface area (Å²) in [7, 11) is 0. The van der Waals surface area contributed by atoms with E-state index in [1.807, 2.05) is 6.92 Å². The Morgan fingerprint density at radius 2 is 2.06 bits per heavy atom. The zero-order chi connectivity index (χ0) is 12.8. The molecule has 92 valence electrons. The summed E-state index contributed by atoms with van der Waals surface area (Å²) < 4.78 is 0. The molecule has 0 unspecified atom stereocenters. The van der Waals surface area contributed by atoms with E-state index in [4.69, 9.17) is 0 Å². The van der Waals surface area contributed by atoms with Gasteiger partial charge in [-0.15, -0.1) is 0 Å². The number of pyridine rings is 2. The molecule has 0 bridgehead atoms. The molecule has 0 saturated heterocycles. The number of anilines is 2. The van der Waals surface area contributed by atoms with Crippen molar-refractivity contribution in [2.45, 2.75) is 6.92 Å². The van der Waals surface area contributed by atoms with Gasteiger partial charge >= 0.3 is 0 Å². The van der Waals surface area contributed by atoms with Gasteiger partial charge in [-0.1, -0.05) is 0 Å². The smallest absolute Gasteiger partial charge is 0.257 e. The second-order valence-corrected chi connectivity index (χ2v) is 3.65. The van der Waals surface area contributed by atoms with Crippen LogP contribution in [0.4, 0.5) is 11.4 Å². The molecule has 0 fully saturated rings. The van der Waals surface area contributed by atoms with Gasteiger partial charge in [-0.05, 0) is 25.1 Å². The topological polar surface area (TPSA) is 66.9 Å². The number of hydrogen-bond acceptors (Lipinski definition) is 4. The zero-order valence-corrected chi connectivity index (χ0v) is 10.1. The lowest BCUT2D eigenvalue weighted by Gasteiger charge is -2.10. The number of nitrogens with zero attached hydrogens (tertiary/aromatic N) is 2. The van der Waals surface area contributed by atoms with Crippen molar-refractivity contribution >= 4 is 17.3 Å². The van der Waals surface area contributed by atoms with E-state index < -0.39 is 0 Å². The molecule has 5 nitrogen and oxygen atoms in total. The van der Waals surface area contributed by atoms with E-state index in [9.17, 15) is 4.79 Å². The lowest BCUT2D eigenvalue weighted by Crippen LogP contribution is -2.15. The Morgan fingerprint density at radius 1 is 1.22 bits per heavy atom. The molecule has 0 radical (unpaired) electrons. The average molecular weight is 242 g/mol. The third kappa shape index (κ3) is 2.82. The quantitative estimate of drug-likeness (QED) is 0.862. The monoisotopic (exact) mass is 242 g/mol. The lowest BCUT2D eigenvalue weighted by molar-refractivity contribution is 0.102. The van der Waals surface area contributed by atoms with Crippen LogP contribution in [0.1, 0.15) is 17.3 Å². The third-order valence-electron chi connectivity index (χ3n) is 2.35. The van der Waals surface area contributed by atoms with Crippen LogP contribution in [0.2, 0.25) is 0 Å². The van der Waals surface area contributed by atoms with E-state index in [2.05, 4.69) is 20.6 Å². The van der Waals surface area contributed by atoms with Gasteiger partial charge in [0.1, 0.15) is 0 Å². The van der Waals surface area contributed by atoms with Gasteiger partial charge < -0.3 is 10.6 Å². The van der Waals surface area contributed by atoms with Crippen LogP contribution in [-0.2, 0) is 0 Å². The molecule has 18 heavy (non-hydrogen) atoms.